The lowest BCUT2D eigenvalue weighted by molar-refractivity contribution is 0.0591. The van der Waals surface area contributed by atoms with E-state index in [-0.39, 0.29) is 5.91 Å². The zero-order valence-electron chi connectivity index (χ0n) is 13.3. The van der Waals surface area contributed by atoms with E-state index in [0.717, 1.165) is 36.4 Å². The summed E-state index contributed by atoms with van der Waals surface area (Å²) >= 11 is 1.49. The lowest BCUT2D eigenvalue weighted by atomic mass is 10.0. The third-order valence-electron chi connectivity index (χ3n) is 5.01. The summed E-state index contributed by atoms with van der Waals surface area (Å²) in [5.74, 6) is 0.105. The molecular weight excluding hydrogens is 306 g/mol. The number of piperidine rings is 1. The zero-order valence-corrected chi connectivity index (χ0v) is 14.1. The Morgan fingerprint density at radius 2 is 1.87 bits per heavy atom. The van der Waals surface area contributed by atoms with Gasteiger partial charge in [-0.15, -0.1) is 11.3 Å². The molecule has 0 aliphatic carbocycles. The number of aromatic nitrogens is 1. The normalized spacial score (nSPS) is 23.1. The number of hydrogen-bond acceptors (Lipinski definition) is 4. The van der Waals surface area contributed by atoms with Gasteiger partial charge >= 0.3 is 0 Å². The molecule has 2 aliphatic rings. The van der Waals surface area contributed by atoms with Crippen LogP contribution in [-0.4, -0.2) is 27.9 Å². The van der Waals surface area contributed by atoms with E-state index in [0.29, 0.717) is 17.8 Å². The first kappa shape index (κ1) is 14.7. The van der Waals surface area contributed by atoms with Gasteiger partial charge in [-0.25, -0.2) is 4.98 Å². The van der Waals surface area contributed by atoms with Crippen molar-refractivity contribution in [3.05, 3.63) is 41.0 Å². The number of nitrogens with one attached hydrogen (secondary N) is 1. The molecular formula is C18H21N3OS. The van der Waals surface area contributed by atoms with Crippen LogP contribution in [0.5, 0.6) is 0 Å². The van der Waals surface area contributed by atoms with E-state index in [1.165, 1.54) is 23.3 Å². The molecule has 3 heterocycles. The predicted octanol–water partition coefficient (Wildman–Crippen LogP) is 4.35. The highest BCUT2D eigenvalue weighted by molar-refractivity contribution is 7.14. The Kier molecular flexibility index (Phi) is 3.81. The predicted molar refractivity (Wildman–Crippen MR) is 93.4 cm³/mol. The van der Waals surface area contributed by atoms with Gasteiger partial charge in [-0.05, 0) is 51.2 Å². The molecule has 2 fully saturated rings. The third kappa shape index (κ3) is 2.74. The first-order chi connectivity index (χ1) is 11.2. The lowest BCUT2D eigenvalue weighted by Gasteiger charge is -2.34. The summed E-state index contributed by atoms with van der Waals surface area (Å²) in [6, 6.07) is 9.05. The molecule has 2 aliphatic heterocycles. The second-order valence-electron chi connectivity index (χ2n) is 6.55. The average Bonchev–Trinajstić information content (AvgIpc) is 3.11. The van der Waals surface area contributed by atoms with E-state index in [4.69, 9.17) is 0 Å². The van der Waals surface area contributed by atoms with Gasteiger partial charge in [-0.2, -0.15) is 0 Å². The monoisotopic (exact) mass is 327 g/mol. The molecule has 2 unspecified atom stereocenters. The molecule has 0 radical (unpaired) electrons. The summed E-state index contributed by atoms with van der Waals surface area (Å²) in [6.07, 6.45) is 5.85. The first-order valence-corrected chi connectivity index (χ1v) is 9.20. The molecule has 1 aromatic carbocycles. The minimum absolute atomic E-state index is 0.105. The van der Waals surface area contributed by atoms with Gasteiger partial charge in [0.2, 0.25) is 0 Å². The standard InChI is InChI=1S/C18H21N3OS/c1-12-5-7-13(8-6-12)20-17-16(19-11-23-17)18(22)21-14-3-2-4-15(21)10-9-14/h5-8,11,14-15,20H,2-4,9-10H2,1H3. The molecule has 0 saturated carbocycles. The van der Waals surface area contributed by atoms with E-state index in [2.05, 4.69) is 34.3 Å². The summed E-state index contributed by atoms with van der Waals surface area (Å²) < 4.78 is 0. The number of rotatable bonds is 3. The molecule has 2 aromatic rings. The average molecular weight is 327 g/mol. The zero-order chi connectivity index (χ0) is 15.8. The SMILES string of the molecule is Cc1ccc(Nc2scnc2C(=O)N2C3CCCC2CC3)cc1. The Balaban J connectivity index is 1.57. The molecule has 2 atom stereocenters. The van der Waals surface area contributed by atoms with Crippen molar-refractivity contribution >= 4 is 27.9 Å². The van der Waals surface area contributed by atoms with Crippen molar-refractivity contribution in [3.63, 3.8) is 0 Å². The highest BCUT2D eigenvalue weighted by Crippen LogP contribution is 2.38. The molecule has 120 valence electrons. The number of thiazole rings is 1. The van der Waals surface area contributed by atoms with Crippen LogP contribution in [0.4, 0.5) is 10.7 Å². The Hall–Kier alpha value is -1.88. The van der Waals surface area contributed by atoms with Crippen LogP contribution >= 0.6 is 11.3 Å². The van der Waals surface area contributed by atoms with Crippen molar-refractivity contribution < 1.29 is 4.79 Å². The molecule has 23 heavy (non-hydrogen) atoms. The van der Waals surface area contributed by atoms with Crippen LogP contribution in [0, 0.1) is 6.92 Å². The topological polar surface area (TPSA) is 45.2 Å². The van der Waals surface area contributed by atoms with Crippen LogP contribution in [0.15, 0.2) is 29.8 Å². The minimum Gasteiger partial charge on any atom is -0.345 e. The number of carbonyl (C=O) groups is 1. The van der Waals surface area contributed by atoms with E-state index in [9.17, 15) is 4.79 Å². The largest absolute Gasteiger partial charge is 0.345 e. The molecule has 2 saturated heterocycles. The van der Waals surface area contributed by atoms with Crippen LogP contribution < -0.4 is 5.32 Å². The summed E-state index contributed by atoms with van der Waals surface area (Å²) in [7, 11) is 0. The van der Waals surface area contributed by atoms with E-state index in [1.54, 1.807) is 5.51 Å². The Bertz CT molecular complexity index is 693. The van der Waals surface area contributed by atoms with Gasteiger partial charge in [0.05, 0.1) is 5.51 Å². The van der Waals surface area contributed by atoms with Gasteiger partial charge in [0.25, 0.3) is 5.91 Å². The van der Waals surface area contributed by atoms with E-state index < -0.39 is 0 Å². The molecule has 1 aromatic heterocycles. The number of nitrogens with zero attached hydrogens (tertiary/aromatic N) is 2. The van der Waals surface area contributed by atoms with Crippen molar-refractivity contribution in [2.24, 2.45) is 0 Å². The van der Waals surface area contributed by atoms with Gasteiger partial charge in [-0.1, -0.05) is 17.7 Å². The van der Waals surface area contributed by atoms with E-state index in [1.807, 2.05) is 12.1 Å². The van der Waals surface area contributed by atoms with Gasteiger partial charge in [0, 0.05) is 17.8 Å². The fourth-order valence-corrected chi connectivity index (χ4v) is 4.52. The van der Waals surface area contributed by atoms with Crippen LogP contribution in [0.1, 0.15) is 48.2 Å². The van der Waals surface area contributed by atoms with Crippen molar-refractivity contribution in [1.82, 2.24) is 9.88 Å². The van der Waals surface area contributed by atoms with Gasteiger partial charge in [-0.3, -0.25) is 4.79 Å². The quantitative estimate of drug-likeness (QED) is 0.911. The number of carbonyl (C=O) groups excluding carboxylic acids is 1. The third-order valence-corrected chi connectivity index (χ3v) is 5.75. The van der Waals surface area contributed by atoms with Crippen molar-refractivity contribution in [3.8, 4) is 0 Å². The second kappa shape index (κ2) is 5.96. The molecule has 5 heteroatoms. The van der Waals surface area contributed by atoms with Crippen molar-refractivity contribution in [2.75, 3.05) is 5.32 Å². The minimum atomic E-state index is 0.105. The number of amides is 1. The number of benzene rings is 1. The first-order valence-electron chi connectivity index (χ1n) is 8.32. The molecule has 1 amide bonds. The van der Waals surface area contributed by atoms with Gasteiger partial charge in [0.1, 0.15) is 5.00 Å². The fraction of sp³-hybridized carbons (Fsp3) is 0.444. The second-order valence-corrected chi connectivity index (χ2v) is 7.40. The summed E-state index contributed by atoms with van der Waals surface area (Å²) in [5.41, 5.74) is 4.56. The molecule has 2 bridgehead atoms. The lowest BCUT2D eigenvalue weighted by Crippen LogP contribution is -2.44. The summed E-state index contributed by atoms with van der Waals surface area (Å²) in [5, 5.41) is 4.21. The fourth-order valence-electron chi connectivity index (χ4n) is 3.83. The maximum Gasteiger partial charge on any atom is 0.276 e. The maximum atomic E-state index is 13.0. The molecule has 0 spiro atoms. The number of aryl methyl sites for hydroxylation is 1. The Labute approximate surface area is 140 Å². The van der Waals surface area contributed by atoms with Gasteiger partial charge < -0.3 is 10.2 Å². The Morgan fingerprint density at radius 3 is 2.57 bits per heavy atom. The molecule has 4 nitrogen and oxygen atoms in total. The number of anilines is 2. The summed E-state index contributed by atoms with van der Waals surface area (Å²) in [6.45, 7) is 2.07. The number of hydrogen-bond donors (Lipinski definition) is 1. The molecule has 1 N–H and O–H groups in total. The van der Waals surface area contributed by atoms with Crippen molar-refractivity contribution in [1.29, 1.82) is 0 Å². The van der Waals surface area contributed by atoms with Crippen LogP contribution in [0.25, 0.3) is 0 Å². The van der Waals surface area contributed by atoms with E-state index >= 15 is 0 Å². The number of fused-ring (bicyclic) bond motifs is 2. The highest BCUT2D eigenvalue weighted by atomic mass is 32.1. The van der Waals surface area contributed by atoms with Crippen LogP contribution in [-0.2, 0) is 0 Å². The van der Waals surface area contributed by atoms with Crippen LogP contribution in [0.3, 0.4) is 0 Å². The van der Waals surface area contributed by atoms with Gasteiger partial charge in [0.15, 0.2) is 5.69 Å². The highest BCUT2D eigenvalue weighted by Gasteiger charge is 2.40. The summed E-state index contributed by atoms with van der Waals surface area (Å²) in [4.78, 5) is 19.5. The maximum absolute atomic E-state index is 13.0. The molecule has 4 rings (SSSR count). The van der Waals surface area contributed by atoms with Crippen molar-refractivity contribution in [2.45, 2.75) is 51.1 Å². The van der Waals surface area contributed by atoms with Crippen LogP contribution in [0.2, 0.25) is 0 Å². The smallest absolute Gasteiger partial charge is 0.276 e. The Morgan fingerprint density at radius 1 is 1.17 bits per heavy atom.